The Kier molecular flexibility index (Phi) is 12.8. The number of unbranched alkanes of at least 4 members (excludes halogenated alkanes) is 1. The predicted octanol–water partition coefficient (Wildman–Crippen LogP) is 3.17. The van der Waals surface area contributed by atoms with Crippen LogP contribution in [0.25, 0.3) is 0 Å². The van der Waals surface area contributed by atoms with Crippen LogP contribution in [0.2, 0.25) is 0 Å². The van der Waals surface area contributed by atoms with Crippen molar-refractivity contribution >= 4 is 5.96 Å². The van der Waals surface area contributed by atoms with Gasteiger partial charge >= 0.3 is 0 Å². The minimum absolute atomic E-state index is 0.465. The summed E-state index contributed by atoms with van der Waals surface area (Å²) in [6.45, 7) is 17.5. The number of aliphatic imine (C=N–C) groups is 1. The van der Waals surface area contributed by atoms with Crippen LogP contribution in [0, 0.1) is 5.92 Å². The van der Waals surface area contributed by atoms with Crippen LogP contribution in [0.5, 0.6) is 0 Å². The first kappa shape index (κ1) is 23.2. The second kappa shape index (κ2) is 14.3. The summed E-state index contributed by atoms with van der Waals surface area (Å²) >= 11 is 0. The zero-order valence-electron chi connectivity index (χ0n) is 18.2. The molecule has 0 aromatic heterocycles. The molecule has 1 aliphatic heterocycles. The SMILES string of the molecule is CCN(CC)CCCC(C)NC(=NC)NCCCCN1CCC(C)CC1. The molecule has 0 aliphatic carbocycles. The fraction of sp³-hybridized carbons (Fsp3) is 0.952. The van der Waals surface area contributed by atoms with Gasteiger partial charge in [0.25, 0.3) is 0 Å². The zero-order valence-corrected chi connectivity index (χ0v) is 18.2. The van der Waals surface area contributed by atoms with Gasteiger partial charge in [-0.05, 0) is 90.6 Å². The molecule has 0 amide bonds. The van der Waals surface area contributed by atoms with E-state index in [2.05, 4.69) is 53.1 Å². The monoisotopic (exact) mass is 367 g/mol. The highest BCUT2D eigenvalue weighted by Gasteiger charge is 2.14. The first-order chi connectivity index (χ1) is 12.6. The molecular formula is C21H45N5. The molecule has 1 aliphatic rings. The summed E-state index contributed by atoms with van der Waals surface area (Å²) in [5.41, 5.74) is 0. The number of likely N-dealkylation sites (tertiary alicyclic amines) is 1. The maximum Gasteiger partial charge on any atom is 0.191 e. The highest BCUT2D eigenvalue weighted by atomic mass is 15.2. The Morgan fingerprint density at radius 1 is 1.15 bits per heavy atom. The molecule has 0 aromatic rings. The summed E-state index contributed by atoms with van der Waals surface area (Å²) in [5, 5.41) is 7.01. The van der Waals surface area contributed by atoms with Crippen LogP contribution in [-0.2, 0) is 0 Å². The molecule has 0 spiro atoms. The van der Waals surface area contributed by atoms with Crippen molar-refractivity contribution in [3.63, 3.8) is 0 Å². The summed E-state index contributed by atoms with van der Waals surface area (Å²) < 4.78 is 0. The average Bonchev–Trinajstić information content (AvgIpc) is 2.65. The van der Waals surface area contributed by atoms with Crippen molar-refractivity contribution in [3.05, 3.63) is 0 Å². The summed E-state index contributed by atoms with van der Waals surface area (Å²) in [5.74, 6) is 1.88. The van der Waals surface area contributed by atoms with E-state index in [4.69, 9.17) is 0 Å². The third-order valence-corrected chi connectivity index (χ3v) is 5.68. The Morgan fingerprint density at radius 3 is 2.46 bits per heavy atom. The number of hydrogen-bond donors (Lipinski definition) is 2. The average molecular weight is 368 g/mol. The van der Waals surface area contributed by atoms with E-state index >= 15 is 0 Å². The van der Waals surface area contributed by atoms with Gasteiger partial charge in [0.15, 0.2) is 5.96 Å². The number of rotatable bonds is 12. The Hall–Kier alpha value is -0.810. The van der Waals surface area contributed by atoms with Gasteiger partial charge in [0, 0.05) is 19.6 Å². The largest absolute Gasteiger partial charge is 0.356 e. The van der Waals surface area contributed by atoms with Gasteiger partial charge in [0.05, 0.1) is 0 Å². The van der Waals surface area contributed by atoms with Crippen LogP contribution in [0.15, 0.2) is 4.99 Å². The van der Waals surface area contributed by atoms with Gasteiger partial charge in [0.2, 0.25) is 0 Å². The standard InChI is InChI=1S/C21H45N5/c1-6-25(7-2)16-10-11-20(4)24-21(22-5)23-14-8-9-15-26-17-12-19(3)13-18-26/h19-20H,6-18H2,1-5H3,(H2,22,23,24). The highest BCUT2D eigenvalue weighted by molar-refractivity contribution is 5.79. The lowest BCUT2D eigenvalue weighted by Gasteiger charge is -2.30. The molecule has 1 fully saturated rings. The smallest absolute Gasteiger partial charge is 0.191 e. The van der Waals surface area contributed by atoms with Crippen LogP contribution in [0.3, 0.4) is 0 Å². The van der Waals surface area contributed by atoms with Crippen LogP contribution >= 0.6 is 0 Å². The molecule has 0 saturated carbocycles. The maximum absolute atomic E-state index is 4.37. The quantitative estimate of drug-likeness (QED) is 0.316. The molecule has 2 N–H and O–H groups in total. The topological polar surface area (TPSA) is 42.9 Å². The summed E-state index contributed by atoms with van der Waals surface area (Å²) in [7, 11) is 1.87. The fourth-order valence-electron chi connectivity index (χ4n) is 3.61. The van der Waals surface area contributed by atoms with Crippen molar-refractivity contribution in [1.29, 1.82) is 0 Å². The predicted molar refractivity (Wildman–Crippen MR) is 115 cm³/mol. The van der Waals surface area contributed by atoms with E-state index in [0.29, 0.717) is 6.04 Å². The van der Waals surface area contributed by atoms with E-state index in [9.17, 15) is 0 Å². The van der Waals surface area contributed by atoms with Gasteiger partial charge in [-0.1, -0.05) is 20.8 Å². The summed E-state index contributed by atoms with van der Waals surface area (Å²) in [6, 6.07) is 0.465. The van der Waals surface area contributed by atoms with E-state index in [1.54, 1.807) is 0 Å². The third kappa shape index (κ3) is 10.4. The third-order valence-electron chi connectivity index (χ3n) is 5.68. The zero-order chi connectivity index (χ0) is 19.2. The van der Waals surface area contributed by atoms with Gasteiger partial charge in [0.1, 0.15) is 0 Å². The number of guanidine groups is 1. The van der Waals surface area contributed by atoms with Crippen molar-refractivity contribution in [2.45, 2.75) is 72.3 Å². The Morgan fingerprint density at radius 2 is 1.85 bits per heavy atom. The van der Waals surface area contributed by atoms with Crippen molar-refractivity contribution in [1.82, 2.24) is 20.4 Å². The highest BCUT2D eigenvalue weighted by Crippen LogP contribution is 2.16. The molecule has 1 heterocycles. The molecule has 154 valence electrons. The lowest BCUT2D eigenvalue weighted by atomic mass is 9.99. The molecule has 1 unspecified atom stereocenters. The number of piperidine rings is 1. The molecule has 1 saturated heterocycles. The normalized spacial score (nSPS) is 18.3. The fourth-order valence-corrected chi connectivity index (χ4v) is 3.61. The minimum atomic E-state index is 0.465. The second-order valence-electron chi connectivity index (χ2n) is 7.94. The van der Waals surface area contributed by atoms with Gasteiger partial charge in [-0.15, -0.1) is 0 Å². The van der Waals surface area contributed by atoms with E-state index in [-0.39, 0.29) is 0 Å². The molecule has 26 heavy (non-hydrogen) atoms. The molecule has 5 nitrogen and oxygen atoms in total. The van der Waals surface area contributed by atoms with Gasteiger partial charge in [-0.3, -0.25) is 4.99 Å². The summed E-state index contributed by atoms with van der Waals surface area (Å²) in [4.78, 5) is 9.49. The first-order valence-electron chi connectivity index (χ1n) is 11.0. The number of hydrogen-bond acceptors (Lipinski definition) is 3. The lowest BCUT2D eigenvalue weighted by Crippen LogP contribution is -2.43. The molecule has 5 heteroatoms. The van der Waals surface area contributed by atoms with Crippen molar-refractivity contribution < 1.29 is 0 Å². The molecule has 1 rings (SSSR count). The molecule has 0 bridgehead atoms. The van der Waals surface area contributed by atoms with Gasteiger partial charge in [-0.25, -0.2) is 0 Å². The minimum Gasteiger partial charge on any atom is -0.356 e. The molecule has 1 atom stereocenters. The molecular weight excluding hydrogens is 322 g/mol. The first-order valence-corrected chi connectivity index (χ1v) is 11.0. The van der Waals surface area contributed by atoms with E-state index < -0.39 is 0 Å². The Balaban J connectivity index is 2.07. The summed E-state index contributed by atoms with van der Waals surface area (Å²) in [6.07, 6.45) is 7.66. The maximum atomic E-state index is 4.37. The Bertz CT molecular complexity index is 359. The van der Waals surface area contributed by atoms with Crippen molar-refractivity contribution in [2.75, 3.05) is 52.9 Å². The second-order valence-corrected chi connectivity index (χ2v) is 7.94. The van der Waals surface area contributed by atoms with Gasteiger partial charge < -0.3 is 20.4 Å². The molecule has 0 radical (unpaired) electrons. The Labute approximate surface area is 163 Å². The van der Waals surface area contributed by atoms with E-state index in [1.165, 1.54) is 64.7 Å². The number of nitrogens with one attached hydrogen (secondary N) is 2. The van der Waals surface area contributed by atoms with Crippen LogP contribution < -0.4 is 10.6 Å². The number of nitrogens with zero attached hydrogens (tertiary/aromatic N) is 3. The van der Waals surface area contributed by atoms with Crippen LogP contribution in [-0.4, -0.2) is 74.7 Å². The van der Waals surface area contributed by atoms with Gasteiger partial charge in [-0.2, -0.15) is 0 Å². The van der Waals surface area contributed by atoms with Crippen LogP contribution in [0.4, 0.5) is 0 Å². The van der Waals surface area contributed by atoms with Crippen molar-refractivity contribution in [2.24, 2.45) is 10.9 Å². The lowest BCUT2D eigenvalue weighted by molar-refractivity contribution is 0.189. The van der Waals surface area contributed by atoms with E-state index in [0.717, 1.165) is 31.5 Å². The van der Waals surface area contributed by atoms with E-state index in [1.807, 2.05) is 7.05 Å². The molecule has 0 aromatic carbocycles. The van der Waals surface area contributed by atoms with Crippen molar-refractivity contribution in [3.8, 4) is 0 Å². The van der Waals surface area contributed by atoms with Crippen LogP contribution in [0.1, 0.15) is 66.2 Å².